The Hall–Kier alpha value is -2.40. The van der Waals surface area contributed by atoms with Crippen molar-refractivity contribution in [3.05, 3.63) is 70.5 Å². The van der Waals surface area contributed by atoms with Crippen molar-refractivity contribution in [2.75, 3.05) is 13.1 Å². The Morgan fingerprint density at radius 3 is 2.75 bits per heavy atom. The van der Waals surface area contributed by atoms with Crippen molar-refractivity contribution in [3.63, 3.8) is 0 Å². The van der Waals surface area contributed by atoms with Gasteiger partial charge in [0.2, 0.25) is 11.8 Å². The summed E-state index contributed by atoms with van der Waals surface area (Å²) in [5.74, 6) is -0.476. The number of rotatable bonds is 5. The molecular formula is C22H24ClFN2O2. The molecular weight excluding hydrogens is 379 g/mol. The number of carbonyl (C=O) groups is 2. The van der Waals surface area contributed by atoms with Gasteiger partial charge in [-0.05, 0) is 49.1 Å². The van der Waals surface area contributed by atoms with Gasteiger partial charge in [-0.25, -0.2) is 4.39 Å². The molecule has 1 saturated heterocycles. The van der Waals surface area contributed by atoms with Gasteiger partial charge in [-0.2, -0.15) is 0 Å². The Bertz CT molecular complexity index is 873. The van der Waals surface area contributed by atoms with Gasteiger partial charge in [-0.3, -0.25) is 9.59 Å². The largest absolute Gasteiger partial charge is 0.351 e. The van der Waals surface area contributed by atoms with Crippen molar-refractivity contribution >= 4 is 23.4 Å². The smallest absolute Gasteiger partial charge is 0.227 e. The van der Waals surface area contributed by atoms with Gasteiger partial charge in [0.1, 0.15) is 5.82 Å². The number of halogens is 2. The lowest BCUT2D eigenvalue weighted by Crippen LogP contribution is -2.52. The van der Waals surface area contributed by atoms with Gasteiger partial charge in [0.15, 0.2) is 0 Å². The van der Waals surface area contributed by atoms with Crippen molar-refractivity contribution in [1.82, 2.24) is 10.2 Å². The maximum Gasteiger partial charge on any atom is 0.227 e. The molecule has 1 aliphatic heterocycles. The van der Waals surface area contributed by atoms with Crippen LogP contribution in [0.3, 0.4) is 0 Å². The van der Waals surface area contributed by atoms with E-state index in [1.54, 1.807) is 23.1 Å². The second-order valence-corrected chi connectivity index (χ2v) is 7.97. The number of likely N-dealkylation sites (tertiary alicyclic amines) is 1. The Kier molecular flexibility index (Phi) is 6.35. The van der Waals surface area contributed by atoms with Crippen LogP contribution < -0.4 is 5.32 Å². The summed E-state index contributed by atoms with van der Waals surface area (Å²) in [6.45, 7) is 3.14. The molecule has 1 aliphatic rings. The molecule has 0 bridgehead atoms. The quantitative estimate of drug-likeness (QED) is 0.822. The molecule has 1 atom stereocenters. The summed E-state index contributed by atoms with van der Waals surface area (Å²) in [5, 5.41) is 3.46. The van der Waals surface area contributed by atoms with Gasteiger partial charge in [-0.1, -0.05) is 41.9 Å². The second-order valence-electron chi connectivity index (χ2n) is 7.56. The highest BCUT2D eigenvalue weighted by atomic mass is 35.5. The third-order valence-electron chi connectivity index (χ3n) is 5.24. The Balaban J connectivity index is 1.61. The van der Waals surface area contributed by atoms with Crippen molar-refractivity contribution < 1.29 is 14.0 Å². The Morgan fingerprint density at radius 1 is 1.21 bits per heavy atom. The zero-order valence-corrected chi connectivity index (χ0v) is 16.6. The van der Waals surface area contributed by atoms with Crippen LogP contribution in [0.5, 0.6) is 0 Å². The minimum atomic E-state index is -0.665. The van der Waals surface area contributed by atoms with Crippen LogP contribution in [0.25, 0.3) is 0 Å². The fourth-order valence-corrected chi connectivity index (χ4v) is 3.80. The lowest BCUT2D eigenvalue weighted by Gasteiger charge is -2.39. The number of benzene rings is 2. The average molecular weight is 403 g/mol. The van der Waals surface area contributed by atoms with E-state index in [2.05, 4.69) is 5.32 Å². The summed E-state index contributed by atoms with van der Waals surface area (Å²) in [7, 11) is 0. The monoisotopic (exact) mass is 402 g/mol. The topological polar surface area (TPSA) is 49.4 Å². The van der Waals surface area contributed by atoms with E-state index >= 15 is 0 Å². The minimum Gasteiger partial charge on any atom is -0.351 e. The molecule has 3 rings (SSSR count). The molecule has 1 heterocycles. The summed E-state index contributed by atoms with van der Waals surface area (Å²) >= 11 is 6.16. The third kappa shape index (κ3) is 4.90. The number of amides is 2. The fraction of sp³-hybridized carbons (Fsp3) is 0.364. The van der Waals surface area contributed by atoms with Gasteiger partial charge in [0.25, 0.3) is 0 Å². The van der Waals surface area contributed by atoms with E-state index in [1.165, 1.54) is 12.1 Å². The summed E-state index contributed by atoms with van der Waals surface area (Å²) < 4.78 is 13.3. The molecule has 0 aliphatic carbocycles. The average Bonchev–Trinajstić information content (AvgIpc) is 2.68. The molecule has 0 aromatic heterocycles. The summed E-state index contributed by atoms with van der Waals surface area (Å²) in [5.41, 5.74) is 0.832. The van der Waals surface area contributed by atoms with E-state index in [4.69, 9.17) is 11.6 Å². The Labute approximate surface area is 169 Å². The first kappa shape index (κ1) is 20.3. The van der Waals surface area contributed by atoms with E-state index in [0.29, 0.717) is 30.1 Å². The van der Waals surface area contributed by atoms with E-state index in [-0.39, 0.29) is 30.6 Å². The van der Waals surface area contributed by atoms with Crippen LogP contribution in [0, 0.1) is 11.2 Å². The Morgan fingerprint density at radius 2 is 2.00 bits per heavy atom. The number of nitrogens with one attached hydrogen (secondary N) is 1. The van der Waals surface area contributed by atoms with Gasteiger partial charge in [0, 0.05) is 24.7 Å². The van der Waals surface area contributed by atoms with Gasteiger partial charge in [-0.15, -0.1) is 0 Å². The van der Waals surface area contributed by atoms with Crippen LogP contribution in [0.15, 0.2) is 48.5 Å². The fourth-order valence-electron chi connectivity index (χ4n) is 3.60. The minimum absolute atomic E-state index is 0.0306. The van der Waals surface area contributed by atoms with E-state index < -0.39 is 5.41 Å². The van der Waals surface area contributed by atoms with Gasteiger partial charge >= 0.3 is 0 Å². The molecule has 1 N–H and O–H groups in total. The summed E-state index contributed by atoms with van der Waals surface area (Å²) in [6, 6.07) is 13.5. The molecule has 148 valence electrons. The highest BCUT2D eigenvalue weighted by Crippen LogP contribution is 2.30. The molecule has 2 amide bonds. The van der Waals surface area contributed by atoms with Crippen molar-refractivity contribution in [1.29, 1.82) is 0 Å². The van der Waals surface area contributed by atoms with Gasteiger partial charge in [0.05, 0.1) is 11.8 Å². The maximum atomic E-state index is 13.3. The molecule has 6 heteroatoms. The lowest BCUT2D eigenvalue weighted by molar-refractivity contribution is -0.140. The predicted octanol–water partition coefficient (Wildman–Crippen LogP) is 3.97. The molecule has 2 aromatic rings. The molecule has 4 nitrogen and oxygen atoms in total. The zero-order chi connectivity index (χ0) is 20.1. The maximum absolute atomic E-state index is 13.3. The molecule has 0 saturated carbocycles. The van der Waals surface area contributed by atoms with E-state index in [9.17, 15) is 14.0 Å². The van der Waals surface area contributed by atoms with E-state index in [1.807, 2.05) is 25.1 Å². The normalized spacial score (nSPS) is 19.3. The number of hydrogen-bond donors (Lipinski definition) is 1. The van der Waals surface area contributed by atoms with Crippen LogP contribution >= 0.6 is 11.6 Å². The molecule has 0 unspecified atom stereocenters. The molecule has 0 spiro atoms. The van der Waals surface area contributed by atoms with Crippen molar-refractivity contribution in [3.8, 4) is 0 Å². The number of carbonyl (C=O) groups excluding carboxylic acids is 2. The summed E-state index contributed by atoms with van der Waals surface area (Å²) in [6.07, 6.45) is 1.69. The first-order chi connectivity index (χ1) is 13.4. The van der Waals surface area contributed by atoms with Crippen LogP contribution in [-0.4, -0.2) is 29.8 Å². The highest BCUT2D eigenvalue weighted by molar-refractivity contribution is 6.31. The molecule has 28 heavy (non-hydrogen) atoms. The van der Waals surface area contributed by atoms with Gasteiger partial charge < -0.3 is 10.2 Å². The lowest BCUT2D eigenvalue weighted by atomic mass is 9.80. The standard InChI is InChI=1S/C22H24ClFN2O2/c1-22(21(28)25-14-16-6-4-8-18(24)12-16)10-5-11-26(15-22)20(27)13-17-7-2-3-9-19(17)23/h2-4,6-9,12H,5,10-11,13-15H2,1H3,(H,25,28)/t22-/m0/s1. The highest BCUT2D eigenvalue weighted by Gasteiger charge is 2.39. The first-order valence-corrected chi connectivity index (χ1v) is 9.79. The SMILES string of the molecule is C[C@]1(C(=O)NCc2cccc(F)c2)CCCN(C(=O)Cc2ccccc2Cl)C1. The number of nitrogens with zero attached hydrogens (tertiary/aromatic N) is 1. The van der Waals surface area contributed by atoms with Crippen LogP contribution in [0.1, 0.15) is 30.9 Å². The zero-order valence-electron chi connectivity index (χ0n) is 15.9. The third-order valence-corrected chi connectivity index (χ3v) is 5.61. The first-order valence-electron chi connectivity index (χ1n) is 9.41. The molecule has 2 aromatic carbocycles. The van der Waals surface area contributed by atoms with Crippen molar-refractivity contribution in [2.24, 2.45) is 5.41 Å². The molecule has 0 radical (unpaired) electrons. The second kappa shape index (κ2) is 8.74. The van der Waals surface area contributed by atoms with Crippen LogP contribution in [0.4, 0.5) is 4.39 Å². The van der Waals surface area contributed by atoms with E-state index in [0.717, 1.165) is 12.0 Å². The predicted molar refractivity (Wildman–Crippen MR) is 107 cm³/mol. The van der Waals surface area contributed by atoms with Crippen LogP contribution in [-0.2, 0) is 22.6 Å². The van der Waals surface area contributed by atoms with Crippen molar-refractivity contribution in [2.45, 2.75) is 32.7 Å². The number of piperidine rings is 1. The van der Waals surface area contributed by atoms with Crippen LogP contribution in [0.2, 0.25) is 5.02 Å². The summed E-state index contributed by atoms with van der Waals surface area (Å²) in [4.78, 5) is 27.3. The molecule has 1 fully saturated rings. The number of hydrogen-bond acceptors (Lipinski definition) is 2.